The van der Waals surface area contributed by atoms with Gasteiger partial charge in [0.2, 0.25) is 5.91 Å². The van der Waals surface area contributed by atoms with Crippen LogP contribution in [0.5, 0.6) is 0 Å². The Balaban J connectivity index is 1.51. The van der Waals surface area contributed by atoms with Crippen LogP contribution in [-0.2, 0) is 11.2 Å². The molecule has 2 heterocycles. The molecule has 4 nitrogen and oxygen atoms in total. The number of benzene rings is 2. The molecule has 0 spiro atoms. The second-order valence-corrected chi connectivity index (χ2v) is 6.59. The van der Waals surface area contributed by atoms with Crippen LogP contribution in [0.15, 0.2) is 60.0 Å². The molecule has 0 saturated heterocycles. The first-order valence-electron chi connectivity index (χ1n) is 7.75. The van der Waals surface area contributed by atoms with Gasteiger partial charge in [0.05, 0.1) is 22.3 Å². The maximum atomic E-state index is 12.9. The molecule has 25 heavy (non-hydrogen) atoms. The molecule has 0 unspecified atom stereocenters. The number of thiophene rings is 1. The summed E-state index contributed by atoms with van der Waals surface area (Å²) in [7, 11) is 0. The molecule has 6 heteroatoms. The molecule has 4 rings (SSSR count). The predicted octanol–water partition coefficient (Wildman–Crippen LogP) is 4.61. The van der Waals surface area contributed by atoms with Crippen molar-refractivity contribution in [3.63, 3.8) is 0 Å². The zero-order chi connectivity index (χ0) is 17.2. The highest BCUT2D eigenvalue weighted by atomic mass is 32.1. The molecule has 0 fully saturated rings. The van der Waals surface area contributed by atoms with Gasteiger partial charge in [0, 0.05) is 5.69 Å². The molecule has 1 amide bonds. The van der Waals surface area contributed by atoms with Gasteiger partial charge in [-0.15, -0.1) is 11.3 Å². The van der Waals surface area contributed by atoms with Gasteiger partial charge < -0.3 is 10.3 Å². The number of carbonyl (C=O) groups is 1. The van der Waals surface area contributed by atoms with E-state index in [1.165, 1.54) is 12.1 Å². The maximum Gasteiger partial charge on any atom is 0.228 e. The molecule has 0 aliphatic carbocycles. The van der Waals surface area contributed by atoms with Crippen molar-refractivity contribution in [3.05, 3.63) is 71.4 Å². The van der Waals surface area contributed by atoms with Gasteiger partial charge in [-0.2, -0.15) is 0 Å². The number of H-pyrrole nitrogens is 1. The topological polar surface area (TPSA) is 57.8 Å². The number of halogens is 1. The summed E-state index contributed by atoms with van der Waals surface area (Å²) >= 11 is 1.62. The summed E-state index contributed by atoms with van der Waals surface area (Å²) in [5, 5.41) is 4.87. The van der Waals surface area contributed by atoms with Gasteiger partial charge in [0.25, 0.3) is 0 Å². The van der Waals surface area contributed by atoms with E-state index in [0.29, 0.717) is 5.69 Å². The van der Waals surface area contributed by atoms with Gasteiger partial charge in [0.1, 0.15) is 11.6 Å². The second-order valence-electron chi connectivity index (χ2n) is 5.65. The summed E-state index contributed by atoms with van der Waals surface area (Å²) in [5.74, 6) is 0.360. The van der Waals surface area contributed by atoms with E-state index >= 15 is 0 Å². The zero-order valence-electron chi connectivity index (χ0n) is 13.1. The lowest BCUT2D eigenvalue weighted by Crippen LogP contribution is -2.14. The molecular formula is C19H14FN3OS. The summed E-state index contributed by atoms with van der Waals surface area (Å²) in [4.78, 5) is 21.1. The number of hydrogen-bond acceptors (Lipinski definition) is 3. The number of nitrogens with zero attached hydrogens (tertiary/aromatic N) is 1. The molecule has 0 saturated carbocycles. The number of nitrogens with one attached hydrogen (secondary N) is 2. The van der Waals surface area contributed by atoms with E-state index in [1.54, 1.807) is 23.5 Å². The Morgan fingerprint density at radius 3 is 2.76 bits per heavy atom. The number of carbonyl (C=O) groups excluding carboxylic acids is 1. The number of aromatic amines is 1. The SMILES string of the molecule is O=C(Cc1ccc(F)cc1)Nc1ccc2nc(-c3cccs3)[nH]c2c1. The number of amides is 1. The van der Waals surface area contributed by atoms with E-state index in [-0.39, 0.29) is 18.1 Å². The van der Waals surface area contributed by atoms with Crippen LogP contribution in [0.2, 0.25) is 0 Å². The Kier molecular flexibility index (Phi) is 4.03. The average Bonchev–Trinajstić information content (AvgIpc) is 3.25. The maximum absolute atomic E-state index is 12.9. The highest BCUT2D eigenvalue weighted by Gasteiger charge is 2.09. The van der Waals surface area contributed by atoms with E-state index in [0.717, 1.165) is 27.3 Å². The standard InChI is InChI=1S/C19H14FN3OS/c20-13-5-3-12(4-6-13)10-18(24)21-14-7-8-15-16(11-14)23-19(22-15)17-2-1-9-25-17/h1-9,11H,10H2,(H,21,24)(H,22,23). The lowest BCUT2D eigenvalue weighted by atomic mass is 10.1. The van der Waals surface area contributed by atoms with Gasteiger partial charge in [0.15, 0.2) is 0 Å². The molecule has 0 aliphatic heterocycles. The van der Waals surface area contributed by atoms with Crippen molar-refractivity contribution in [1.82, 2.24) is 9.97 Å². The molecule has 4 aromatic rings. The van der Waals surface area contributed by atoms with E-state index in [1.807, 2.05) is 35.7 Å². The number of anilines is 1. The predicted molar refractivity (Wildman–Crippen MR) is 98.1 cm³/mol. The Morgan fingerprint density at radius 2 is 2.00 bits per heavy atom. The first kappa shape index (κ1) is 15.5. The van der Waals surface area contributed by atoms with Gasteiger partial charge >= 0.3 is 0 Å². The first-order chi connectivity index (χ1) is 12.2. The van der Waals surface area contributed by atoms with Gasteiger partial charge in [-0.25, -0.2) is 9.37 Å². The van der Waals surface area contributed by atoms with Crippen LogP contribution < -0.4 is 5.32 Å². The highest BCUT2D eigenvalue weighted by Crippen LogP contribution is 2.26. The molecule has 2 aromatic heterocycles. The van der Waals surface area contributed by atoms with Crippen LogP contribution in [0, 0.1) is 5.82 Å². The molecule has 0 aliphatic rings. The van der Waals surface area contributed by atoms with Crippen LogP contribution in [0.3, 0.4) is 0 Å². The average molecular weight is 351 g/mol. The fourth-order valence-electron chi connectivity index (χ4n) is 2.61. The third kappa shape index (κ3) is 3.44. The van der Waals surface area contributed by atoms with E-state index in [9.17, 15) is 9.18 Å². The minimum atomic E-state index is -0.310. The lowest BCUT2D eigenvalue weighted by molar-refractivity contribution is -0.115. The molecule has 2 N–H and O–H groups in total. The smallest absolute Gasteiger partial charge is 0.228 e. The minimum Gasteiger partial charge on any atom is -0.337 e. The minimum absolute atomic E-state index is 0.149. The number of imidazole rings is 1. The number of aromatic nitrogens is 2. The normalized spacial score (nSPS) is 10.9. The first-order valence-corrected chi connectivity index (χ1v) is 8.63. The van der Waals surface area contributed by atoms with Crippen LogP contribution in [-0.4, -0.2) is 15.9 Å². The number of rotatable bonds is 4. The molecule has 124 valence electrons. The van der Waals surface area contributed by atoms with Gasteiger partial charge in [-0.05, 0) is 47.3 Å². The van der Waals surface area contributed by atoms with Crippen molar-refractivity contribution in [2.45, 2.75) is 6.42 Å². The Labute approximate surface area is 147 Å². The van der Waals surface area contributed by atoms with Crippen molar-refractivity contribution < 1.29 is 9.18 Å². The summed E-state index contributed by atoms with van der Waals surface area (Å²) in [6.45, 7) is 0. The fraction of sp³-hybridized carbons (Fsp3) is 0.0526. The largest absolute Gasteiger partial charge is 0.337 e. The quantitative estimate of drug-likeness (QED) is 0.564. The van der Waals surface area contributed by atoms with Gasteiger partial charge in [-0.3, -0.25) is 4.79 Å². The highest BCUT2D eigenvalue weighted by molar-refractivity contribution is 7.13. The summed E-state index contributed by atoms with van der Waals surface area (Å²) in [6, 6.07) is 15.5. The van der Waals surface area contributed by atoms with Crippen LogP contribution in [0.25, 0.3) is 21.7 Å². The third-order valence-electron chi connectivity index (χ3n) is 3.80. The van der Waals surface area contributed by atoms with Crippen LogP contribution in [0.1, 0.15) is 5.56 Å². The van der Waals surface area contributed by atoms with Crippen molar-refractivity contribution in [3.8, 4) is 10.7 Å². The van der Waals surface area contributed by atoms with E-state index < -0.39 is 0 Å². The molecule has 0 bridgehead atoms. The van der Waals surface area contributed by atoms with E-state index in [4.69, 9.17) is 0 Å². The number of hydrogen-bond donors (Lipinski definition) is 2. The molecular weight excluding hydrogens is 337 g/mol. The summed E-state index contributed by atoms with van der Waals surface area (Å²) < 4.78 is 12.9. The van der Waals surface area contributed by atoms with Crippen molar-refractivity contribution in [2.75, 3.05) is 5.32 Å². The molecule has 0 radical (unpaired) electrons. The van der Waals surface area contributed by atoms with Crippen molar-refractivity contribution in [2.24, 2.45) is 0 Å². The second kappa shape index (κ2) is 6.49. The fourth-order valence-corrected chi connectivity index (χ4v) is 3.28. The lowest BCUT2D eigenvalue weighted by Gasteiger charge is -2.05. The van der Waals surface area contributed by atoms with Crippen molar-refractivity contribution >= 4 is 34.0 Å². The molecule has 2 aromatic carbocycles. The monoisotopic (exact) mass is 351 g/mol. The zero-order valence-corrected chi connectivity index (χ0v) is 13.9. The van der Waals surface area contributed by atoms with Crippen molar-refractivity contribution in [1.29, 1.82) is 0 Å². The third-order valence-corrected chi connectivity index (χ3v) is 4.67. The summed E-state index contributed by atoms with van der Waals surface area (Å²) in [5.41, 5.74) is 3.17. The Hall–Kier alpha value is -2.99. The van der Waals surface area contributed by atoms with Crippen LogP contribution in [0.4, 0.5) is 10.1 Å². The van der Waals surface area contributed by atoms with Crippen LogP contribution >= 0.6 is 11.3 Å². The van der Waals surface area contributed by atoms with E-state index in [2.05, 4.69) is 15.3 Å². The Bertz CT molecular complexity index is 1020. The summed E-state index contributed by atoms with van der Waals surface area (Å²) in [6.07, 6.45) is 0.196. The van der Waals surface area contributed by atoms with Gasteiger partial charge in [-0.1, -0.05) is 18.2 Å². The Morgan fingerprint density at radius 1 is 1.16 bits per heavy atom. The molecule has 0 atom stereocenters. The number of fused-ring (bicyclic) bond motifs is 1.